The van der Waals surface area contributed by atoms with Gasteiger partial charge in [-0.2, -0.15) is 0 Å². The van der Waals surface area contributed by atoms with E-state index in [0.717, 1.165) is 0 Å². The van der Waals surface area contributed by atoms with E-state index in [1.807, 2.05) is 0 Å². The van der Waals surface area contributed by atoms with E-state index in [0.29, 0.717) is 28.4 Å². The molecule has 0 spiro atoms. The number of aliphatic hydroxyl groups excluding tert-OH is 3. The predicted molar refractivity (Wildman–Crippen MR) is 112 cm³/mol. The summed E-state index contributed by atoms with van der Waals surface area (Å²) in [4.78, 5) is 0. The van der Waals surface area contributed by atoms with Gasteiger partial charge in [0.2, 0.25) is 5.75 Å². The molecule has 0 aromatic heterocycles. The maximum absolute atomic E-state index is 10.0. The molecule has 0 bridgehead atoms. The van der Waals surface area contributed by atoms with Crippen LogP contribution in [-0.2, 0) is 11.2 Å². The normalized spacial score (nSPS) is 13.9. The van der Waals surface area contributed by atoms with E-state index >= 15 is 0 Å². The number of phenols is 1. The first-order valence-electron chi connectivity index (χ1n) is 9.62. The van der Waals surface area contributed by atoms with Gasteiger partial charge in [-0.05, 0) is 35.4 Å². The molecule has 9 nitrogen and oxygen atoms in total. The standard InChI is InChI=1S/C22H30O9/c1-27-17-9-14(8-15(25)10-17)21(30-4)20(12-24)31-22-18(28-2)6-13(5-16(26)11-23)7-19(22)29-3/h6-10,16,20-21,23-26H,5,11-12H2,1-4H3/t16?,20-,21+/m1/s1. The second-order valence-electron chi connectivity index (χ2n) is 6.83. The van der Waals surface area contributed by atoms with Crippen molar-refractivity contribution in [3.8, 4) is 28.7 Å². The molecule has 2 rings (SSSR count). The molecule has 0 aliphatic rings. The van der Waals surface area contributed by atoms with Crippen molar-refractivity contribution in [3.05, 3.63) is 41.5 Å². The third kappa shape index (κ3) is 6.14. The Kier molecular flexibility index (Phi) is 9.20. The minimum Gasteiger partial charge on any atom is -0.508 e. The number of hydrogen-bond donors (Lipinski definition) is 4. The zero-order chi connectivity index (χ0) is 23.0. The maximum Gasteiger partial charge on any atom is 0.204 e. The molecular weight excluding hydrogens is 408 g/mol. The second kappa shape index (κ2) is 11.6. The lowest BCUT2D eigenvalue weighted by molar-refractivity contribution is -0.0274. The summed E-state index contributed by atoms with van der Waals surface area (Å²) < 4.78 is 27.7. The van der Waals surface area contributed by atoms with Crippen molar-refractivity contribution in [1.82, 2.24) is 0 Å². The van der Waals surface area contributed by atoms with Crippen LogP contribution in [0.25, 0.3) is 0 Å². The molecule has 2 aromatic carbocycles. The molecule has 3 atom stereocenters. The minimum atomic E-state index is -0.926. The van der Waals surface area contributed by atoms with Gasteiger partial charge >= 0.3 is 0 Å². The molecule has 0 radical (unpaired) electrons. The fourth-order valence-electron chi connectivity index (χ4n) is 3.24. The summed E-state index contributed by atoms with van der Waals surface area (Å²) in [6.45, 7) is -0.786. The molecule has 31 heavy (non-hydrogen) atoms. The van der Waals surface area contributed by atoms with Crippen molar-refractivity contribution in [2.24, 2.45) is 0 Å². The van der Waals surface area contributed by atoms with Crippen molar-refractivity contribution in [2.45, 2.75) is 24.7 Å². The lowest BCUT2D eigenvalue weighted by Crippen LogP contribution is -2.31. The summed E-state index contributed by atoms with van der Waals surface area (Å²) in [6, 6.07) is 7.94. The monoisotopic (exact) mass is 438 g/mol. The smallest absolute Gasteiger partial charge is 0.204 e. The van der Waals surface area contributed by atoms with Crippen molar-refractivity contribution < 1.29 is 44.1 Å². The van der Waals surface area contributed by atoms with Crippen LogP contribution in [0.1, 0.15) is 17.2 Å². The number of ether oxygens (including phenoxy) is 5. The summed E-state index contributed by atoms with van der Waals surface area (Å²) in [7, 11) is 5.85. The first-order chi connectivity index (χ1) is 14.9. The van der Waals surface area contributed by atoms with Gasteiger partial charge in [0.05, 0.1) is 40.6 Å². The van der Waals surface area contributed by atoms with E-state index in [-0.39, 0.29) is 24.5 Å². The molecule has 0 aliphatic heterocycles. The van der Waals surface area contributed by atoms with Crippen LogP contribution in [0.15, 0.2) is 30.3 Å². The number of rotatable bonds is 12. The zero-order valence-corrected chi connectivity index (χ0v) is 18.1. The van der Waals surface area contributed by atoms with Crippen LogP contribution in [0.3, 0.4) is 0 Å². The summed E-state index contributed by atoms with van der Waals surface area (Å²) in [5.41, 5.74) is 1.21. The minimum absolute atomic E-state index is 0.0185. The Labute approximate surface area is 181 Å². The van der Waals surface area contributed by atoms with E-state index in [9.17, 15) is 15.3 Å². The van der Waals surface area contributed by atoms with Crippen LogP contribution in [0.2, 0.25) is 0 Å². The van der Waals surface area contributed by atoms with Crippen molar-refractivity contribution in [2.75, 3.05) is 41.7 Å². The van der Waals surface area contributed by atoms with Crippen LogP contribution in [-0.4, -0.2) is 74.3 Å². The number of methoxy groups -OCH3 is 4. The Morgan fingerprint density at radius 2 is 1.48 bits per heavy atom. The molecule has 0 heterocycles. The van der Waals surface area contributed by atoms with Crippen LogP contribution in [0.5, 0.6) is 28.7 Å². The third-order valence-electron chi connectivity index (χ3n) is 4.72. The summed E-state index contributed by atoms with van der Waals surface area (Å²) in [5, 5.41) is 38.9. The highest BCUT2D eigenvalue weighted by Gasteiger charge is 2.28. The van der Waals surface area contributed by atoms with Gasteiger partial charge in [-0.25, -0.2) is 0 Å². The fraction of sp³-hybridized carbons (Fsp3) is 0.455. The van der Waals surface area contributed by atoms with Gasteiger partial charge in [-0.1, -0.05) is 0 Å². The van der Waals surface area contributed by atoms with Crippen molar-refractivity contribution >= 4 is 0 Å². The van der Waals surface area contributed by atoms with Gasteiger partial charge in [0.1, 0.15) is 17.6 Å². The highest BCUT2D eigenvalue weighted by atomic mass is 16.6. The van der Waals surface area contributed by atoms with Crippen LogP contribution < -0.4 is 18.9 Å². The summed E-state index contributed by atoms with van der Waals surface area (Å²) in [6.07, 6.45) is -2.37. The van der Waals surface area contributed by atoms with Crippen LogP contribution in [0.4, 0.5) is 0 Å². The van der Waals surface area contributed by atoms with Crippen LogP contribution in [0, 0.1) is 0 Å². The van der Waals surface area contributed by atoms with E-state index in [1.165, 1.54) is 40.6 Å². The number of aromatic hydroxyl groups is 1. The van der Waals surface area contributed by atoms with E-state index in [2.05, 4.69) is 0 Å². The first kappa shape index (κ1) is 24.5. The average Bonchev–Trinajstić information content (AvgIpc) is 2.78. The highest BCUT2D eigenvalue weighted by molar-refractivity contribution is 5.54. The SMILES string of the molecule is COc1cc(O)cc([C@H](OC)[C@@H](CO)Oc2c(OC)cc(CC(O)CO)cc2OC)c1. The fourth-order valence-corrected chi connectivity index (χ4v) is 3.24. The van der Waals surface area contributed by atoms with Gasteiger partial charge < -0.3 is 44.1 Å². The lowest BCUT2D eigenvalue weighted by Gasteiger charge is -2.28. The van der Waals surface area contributed by atoms with Gasteiger partial charge in [0, 0.05) is 19.6 Å². The first-order valence-corrected chi connectivity index (χ1v) is 9.62. The summed E-state index contributed by atoms with van der Waals surface area (Å²) in [5.74, 6) is 1.29. The Morgan fingerprint density at radius 1 is 0.839 bits per heavy atom. The molecular formula is C22H30O9. The molecule has 1 unspecified atom stereocenters. The lowest BCUT2D eigenvalue weighted by atomic mass is 10.0. The Balaban J connectivity index is 2.42. The number of hydrogen-bond acceptors (Lipinski definition) is 9. The quantitative estimate of drug-likeness (QED) is 0.389. The predicted octanol–water partition coefficient (Wildman–Crippen LogP) is 1.44. The van der Waals surface area contributed by atoms with E-state index in [1.54, 1.807) is 18.2 Å². The van der Waals surface area contributed by atoms with Gasteiger partial charge in [0.25, 0.3) is 0 Å². The highest BCUT2D eigenvalue weighted by Crippen LogP contribution is 2.41. The van der Waals surface area contributed by atoms with Gasteiger partial charge in [-0.3, -0.25) is 0 Å². The molecule has 2 aromatic rings. The number of phenolic OH excluding ortho intramolecular Hbond substituents is 1. The number of aliphatic hydroxyl groups is 3. The summed E-state index contributed by atoms with van der Waals surface area (Å²) >= 11 is 0. The average molecular weight is 438 g/mol. The maximum atomic E-state index is 10.0. The molecule has 0 saturated carbocycles. The molecule has 0 amide bonds. The van der Waals surface area contributed by atoms with E-state index in [4.69, 9.17) is 28.8 Å². The zero-order valence-electron chi connectivity index (χ0n) is 18.1. The largest absolute Gasteiger partial charge is 0.508 e. The Bertz CT molecular complexity index is 815. The molecule has 4 N–H and O–H groups in total. The molecule has 172 valence electrons. The number of benzene rings is 2. The molecule has 0 fully saturated rings. The molecule has 9 heteroatoms. The molecule has 0 aliphatic carbocycles. The Hall–Kier alpha value is -2.72. The van der Waals surface area contributed by atoms with Crippen molar-refractivity contribution in [1.29, 1.82) is 0 Å². The topological polar surface area (TPSA) is 127 Å². The van der Waals surface area contributed by atoms with E-state index < -0.39 is 24.9 Å². The Morgan fingerprint density at radius 3 is 1.97 bits per heavy atom. The van der Waals surface area contributed by atoms with Crippen LogP contribution >= 0.6 is 0 Å². The van der Waals surface area contributed by atoms with Gasteiger partial charge in [-0.15, -0.1) is 0 Å². The second-order valence-corrected chi connectivity index (χ2v) is 6.83. The molecule has 0 saturated heterocycles. The van der Waals surface area contributed by atoms with Crippen molar-refractivity contribution in [3.63, 3.8) is 0 Å². The third-order valence-corrected chi connectivity index (χ3v) is 4.72. The van der Waals surface area contributed by atoms with Gasteiger partial charge in [0.15, 0.2) is 17.6 Å².